The third kappa shape index (κ3) is 3.11. The van der Waals surface area contributed by atoms with Crippen LogP contribution in [-0.4, -0.2) is 8.42 Å². The topological polar surface area (TPSA) is 50.0 Å². The van der Waals surface area contributed by atoms with Crippen molar-refractivity contribution in [2.45, 2.75) is 18.7 Å². The number of pyridine rings is 1. The summed E-state index contributed by atoms with van der Waals surface area (Å²) in [7, 11) is -1.79. The van der Waals surface area contributed by atoms with Crippen molar-refractivity contribution in [3.05, 3.63) is 52.8 Å². The van der Waals surface area contributed by atoms with Gasteiger partial charge in [-0.15, -0.1) is 0 Å². The number of halogens is 1. The minimum atomic E-state index is -3.61. The number of nitrogens with one attached hydrogen (secondary N) is 1. The highest BCUT2D eigenvalue weighted by atomic mass is 35.5. The lowest BCUT2D eigenvalue weighted by atomic mass is 10.2. The molecular formula is C14H16ClN2O2S+. The number of nitrogens with zero attached hydrogens (tertiary/aromatic N) is 1. The first kappa shape index (κ1) is 14.8. The number of aromatic nitrogens is 1. The van der Waals surface area contributed by atoms with Crippen LogP contribution in [0.2, 0.25) is 5.02 Å². The maximum absolute atomic E-state index is 12.4. The van der Waals surface area contributed by atoms with E-state index in [9.17, 15) is 8.42 Å². The highest BCUT2D eigenvalue weighted by Crippen LogP contribution is 2.20. The number of hydrogen-bond acceptors (Lipinski definition) is 2. The molecule has 2 aromatic rings. The van der Waals surface area contributed by atoms with Crippen molar-refractivity contribution in [2.75, 3.05) is 4.72 Å². The molecular weight excluding hydrogens is 296 g/mol. The molecule has 0 saturated carbocycles. The monoisotopic (exact) mass is 311 g/mol. The number of rotatable bonds is 3. The van der Waals surface area contributed by atoms with Gasteiger partial charge in [0.1, 0.15) is 7.05 Å². The normalized spacial score (nSPS) is 11.4. The van der Waals surface area contributed by atoms with E-state index < -0.39 is 10.0 Å². The Morgan fingerprint density at radius 1 is 1.15 bits per heavy atom. The van der Waals surface area contributed by atoms with Gasteiger partial charge in [-0.2, -0.15) is 0 Å². The summed E-state index contributed by atoms with van der Waals surface area (Å²) in [5.41, 5.74) is 2.19. The summed E-state index contributed by atoms with van der Waals surface area (Å²) in [6, 6.07) is 8.38. The van der Waals surface area contributed by atoms with E-state index in [1.54, 1.807) is 42.0 Å². The molecule has 6 heteroatoms. The third-order valence-electron chi connectivity index (χ3n) is 3.07. The molecule has 2 rings (SSSR count). The Bertz CT molecular complexity index is 741. The van der Waals surface area contributed by atoms with E-state index in [2.05, 4.69) is 4.72 Å². The summed E-state index contributed by atoms with van der Waals surface area (Å²) in [6.07, 6.45) is 1.61. The number of hydrogen-bond donors (Lipinski definition) is 1. The summed E-state index contributed by atoms with van der Waals surface area (Å²) in [4.78, 5) is 0.264. The molecule has 0 bridgehead atoms. The molecule has 0 atom stereocenters. The number of sulfonamides is 1. The largest absolute Gasteiger partial charge is 0.279 e. The molecule has 0 spiro atoms. The summed E-state index contributed by atoms with van der Waals surface area (Å²) >= 11 is 5.78. The molecule has 0 aliphatic heterocycles. The van der Waals surface area contributed by atoms with Crippen molar-refractivity contribution < 1.29 is 13.0 Å². The average Bonchev–Trinajstić information content (AvgIpc) is 2.36. The Labute approximate surface area is 124 Å². The molecule has 0 aliphatic carbocycles. The minimum absolute atomic E-state index is 0.264. The van der Waals surface area contributed by atoms with Gasteiger partial charge in [-0.3, -0.25) is 4.72 Å². The van der Waals surface area contributed by atoms with E-state index in [4.69, 9.17) is 11.6 Å². The van der Waals surface area contributed by atoms with Gasteiger partial charge >= 0.3 is 0 Å². The van der Waals surface area contributed by atoms with Crippen molar-refractivity contribution in [3.63, 3.8) is 0 Å². The van der Waals surface area contributed by atoms with Crippen LogP contribution in [-0.2, 0) is 17.1 Å². The summed E-state index contributed by atoms with van der Waals surface area (Å²) < 4.78 is 29.2. The molecule has 0 saturated heterocycles. The molecule has 106 valence electrons. The highest BCUT2D eigenvalue weighted by molar-refractivity contribution is 7.92. The van der Waals surface area contributed by atoms with Gasteiger partial charge in [0.2, 0.25) is 0 Å². The van der Waals surface area contributed by atoms with Gasteiger partial charge in [0.15, 0.2) is 16.8 Å². The second-order valence-electron chi connectivity index (χ2n) is 4.69. The van der Waals surface area contributed by atoms with Crippen LogP contribution in [0, 0.1) is 13.8 Å². The standard InChI is InChI=1S/C14H16ClN2O2S/c1-10-8-11(2)17(3)9-14(10)20(18,19)16-13-6-4-12(15)5-7-13/h4-9,16H,1-3H3/q+1. The van der Waals surface area contributed by atoms with E-state index >= 15 is 0 Å². The van der Waals surface area contributed by atoms with E-state index in [1.165, 1.54) is 0 Å². The first-order valence-corrected chi connectivity index (χ1v) is 7.91. The van der Waals surface area contributed by atoms with Gasteiger partial charge in [-0.05, 0) is 36.8 Å². The molecule has 1 aromatic carbocycles. The van der Waals surface area contributed by atoms with E-state index in [0.29, 0.717) is 16.3 Å². The Kier molecular flexibility index (Phi) is 4.01. The van der Waals surface area contributed by atoms with Gasteiger partial charge in [0.05, 0.1) is 0 Å². The van der Waals surface area contributed by atoms with Crippen molar-refractivity contribution in [2.24, 2.45) is 7.05 Å². The fraction of sp³-hybridized carbons (Fsp3) is 0.214. The molecule has 0 radical (unpaired) electrons. The molecule has 0 unspecified atom stereocenters. The zero-order valence-electron chi connectivity index (χ0n) is 11.5. The molecule has 0 amide bonds. The highest BCUT2D eigenvalue weighted by Gasteiger charge is 2.21. The number of aryl methyl sites for hydroxylation is 3. The second-order valence-corrected chi connectivity index (χ2v) is 6.77. The van der Waals surface area contributed by atoms with Crippen LogP contribution in [0.5, 0.6) is 0 Å². The number of benzene rings is 1. The first-order chi connectivity index (χ1) is 9.29. The zero-order valence-corrected chi connectivity index (χ0v) is 13.1. The van der Waals surface area contributed by atoms with Crippen molar-refractivity contribution in [3.8, 4) is 0 Å². The van der Waals surface area contributed by atoms with E-state index in [-0.39, 0.29) is 4.90 Å². The maximum Gasteiger partial charge on any atom is 0.268 e. The van der Waals surface area contributed by atoms with Gasteiger partial charge in [0.25, 0.3) is 10.0 Å². The van der Waals surface area contributed by atoms with Crippen LogP contribution in [0.25, 0.3) is 0 Å². The Morgan fingerprint density at radius 3 is 2.35 bits per heavy atom. The molecule has 0 aliphatic rings. The summed E-state index contributed by atoms with van der Waals surface area (Å²) in [5, 5.41) is 0.561. The Hall–Kier alpha value is -1.59. The molecule has 1 aromatic heterocycles. The lowest BCUT2D eigenvalue weighted by molar-refractivity contribution is -0.679. The Morgan fingerprint density at radius 2 is 1.75 bits per heavy atom. The zero-order chi connectivity index (χ0) is 14.9. The third-order valence-corrected chi connectivity index (χ3v) is 4.83. The van der Waals surface area contributed by atoms with E-state index in [0.717, 1.165) is 5.69 Å². The van der Waals surface area contributed by atoms with Gasteiger partial charge in [-0.1, -0.05) is 11.6 Å². The predicted molar refractivity (Wildman–Crippen MR) is 79.4 cm³/mol. The van der Waals surface area contributed by atoms with Gasteiger partial charge < -0.3 is 0 Å². The van der Waals surface area contributed by atoms with Crippen LogP contribution in [0.3, 0.4) is 0 Å². The first-order valence-electron chi connectivity index (χ1n) is 6.05. The van der Waals surface area contributed by atoms with Gasteiger partial charge in [0, 0.05) is 23.7 Å². The summed E-state index contributed by atoms with van der Waals surface area (Å²) in [5.74, 6) is 0. The Balaban J connectivity index is 2.40. The van der Waals surface area contributed by atoms with Crippen LogP contribution in [0.1, 0.15) is 11.3 Å². The lowest BCUT2D eigenvalue weighted by Crippen LogP contribution is -2.33. The fourth-order valence-corrected chi connectivity index (χ4v) is 3.34. The minimum Gasteiger partial charge on any atom is -0.279 e. The lowest BCUT2D eigenvalue weighted by Gasteiger charge is -2.09. The predicted octanol–water partition coefficient (Wildman–Crippen LogP) is 2.58. The molecule has 0 fully saturated rings. The van der Waals surface area contributed by atoms with Gasteiger partial charge in [-0.25, -0.2) is 13.0 Å². The number of anilines is 1. The molecule has 1 heterocycles. The van der Waals surface area contributed by atoms with Crippen molar-refractivity contribution in [1.29, 1.82) is 0 Å². The van der Waals surface area contributed by atoms with E-state index in [1.807, 2.05) is 20.0 Å². The maximum atomic E-state index is 12.4. The smallest absolute Gasteiger partial charge is 0.268 e. The SMILES string of the molecule is Cc1cc(C)[n+](C)cc1S(=O)(=O)Nc1ccc(Cl)cc1. The van der Waals surface area contributed by atoms with Crippen LogP contribution < -0.4 is 9.29 Å². The summed E-state index contributed by atoms with van der Waals surface area (Å²) in [6.45, 7) is 3.71. The van der Waals surface area contributed by atoms with Crippen LogP contribution in [0.15, 0.2) is 41.4 Å². The second kappa shape index (κ2) is 5.42. The van der Waals surface area contributed by atoms with Crippen LogP contribution in [0.4, 0.5) is 5.69 Å². The molecule has 20 heavy (non-hydrogen) atoms. The van der Waals surface area contributed by atoms with Crippen molar-refractivity contribution >= 4 is 27.3 Å². The molecule has 1 N–H and O–H groups in total. The quantitative estimate of drug-likeness (QED) is 0.886. The average molecular weight is 312 g/mol. The fourth-order valence-electron chi connectivity index (χ4n) is 1.88. The van der Waals surface area contributed by atoms with Crippen molar-refractivity contribution in [1.82, 2.24) is 0 Å². The van der Waals surface area contributed by atoms with Crippen LogP contribution >= 0.6 is 11.6 Å². The molecule has 4 nitrogen and oxygen atoms in total.